The topological polar surface area (TPSA) is 17.1 Å². The number of ketones is 1. The van der Waals surface area contributed by atoms with Crippen molar-refractivity contribution in [3.63, 3.8) is 0 Å². The van der Waals surface area contributed by atoms with Crippen LogP contribution in [0, 0.1) is 17.8 Å². The Hall–Kier alpha value is -0.330. The van der Waals surface area contributed by atoms with Crippen molar-refractivity contribution in [3.8, 4) is 0 Å². The highest BCUT2D eigenvalue weighted by Gasteiger charge is 2.28. The van der Waals surface area contributed by atoms with E-state index in [1.165, 1.54) is 32.1 Å². The first-order valence-corrected chi connectivity index (χ1v) is 5.78. The van der Waals surface area contributed by atoms with Gasteiger partial charge in [0, 0.05) is 12.3 Å². The second-order valence-electron chi connectivity index (χ2n) is 5.03. The van der Waals surface area contributed by atoms with Gasteiger partial charge in [-0.05, 0) is 37.5 Å². The lowest BCUT2D eigenvalue weighted by molar-refractivity contribution is -0.122. The molecule has 3 unspecified atom stereocenters. The van der Waals surface area contributed by atoms with Crippen LogP contribution in [-0.4, -0.2) is 5.78 Å². The third-order valence-electron chi connectivity index (χ3n) is 4.01. The van der Waals surface area contributed by atoms with Crippen LogP contribution < -0.4 is 0 Å². The van der Waals surface area contributed by atoms with Gasteiger partial charge < -0.3 is 0 Å². The molecule has 0 spiro atoms. The average molecular weight is 180 g/mol. The van der Waals surface area contributed by atoms with Crippen LogP contribution in [0.2, 0.25) is 0 Å². The molecule has 2 rings (SSSR count). The van der Waals surface area contributed by atoms with Crippen molar-refractivity contribution in [3.05, 3.63) is 0 Å². The molecule has 1 nitrogen and oxygen atoms in total. The average Bonchev–Trinajstić information content (AvgIpc) is 2.58. The van der Waals surface area contributed by atoms with Crippen molar-refractivity contribution in [2.75, 3.05) is 0 Å². The predicted molar refractivity (Wildman–Crippen MR) is 53.5 cm³/mol. The number of hydrogen-bond acceptors (Lipinski definition) is 1. The van der Waals surface area contributed by atoms with E-state index in [0.29, 0.717) is 11.7 Å². The summed E-state index contributed by atoms with van der Waals surface area (Å²) < 4.78 is 0. The van der Waals surface area contributed by atoms with Crippen molar-refractivity contribution >= 4 is 5.78 Å². The number of Topliss-reactive ketones (excluding diaryl/α,β-unsaturated/α-hetero) is 1. The van der Waals surface area contributed by atoms with Gasteiger partial charge in [-0.25, -0.2) is 0 Å². The molecule has 0 aliphatic heterocycles. The quantitative estimate of drug-likeness (QED) is 0.559. The number of hydrogen-bond donors (Lipinski definition) is 0. The van der Waals surface area contributed by atoms with Gasteiger partial charge >= 0.3 is 0 Å². The Morgan fingerprint density at radius 1 is 1.00 bits per heavy atom. The first-order chi connectivity index (χ1) is 6.25. The molecule has 0 heterocycles. The van der Waals surface area contributed by atoms with Crippen LogP contribution in [0.1, 0.15) is 51.9 Å². The Labute approximate surface area is 80.9 Å². The fourth-order valence-electron chi connectivity index (χ4n) is 2.94. The SMILES string of the molecule is CC1CCC2CCC(CCC1=O)C2. The second-order valence-corrected chi connectivity index (χ2v) is 5.03. The molecule has 2 aliphatic rings. The third kappa shape index (κ3) is 2.12. The summed E-state index contributed by atoms with van der Waals surface area (Å²) in [6, 6.07) is 0. The van der Waals surface area contributed by atoms with Crippen LogP contribution in [0.4, 0.5) is 0 Å². The largest absolute Gasteiger partial charge is 0.299 e. The lowest BCUT2D eigenvalue weighted by atomic mass is 9.92. The number of carbonyl (C=O) groups is 1. The molecular weight excluding hydrogens is 160 g/mol. The molecule has 0 aromatic heterocycles. The van der Waals surface area contributed by atoms with E-state index in [0.717, 1.165) is 24.7 Å². The van der Waals surface area contributed by atoms with Crippen LogP contribution >= 0.6 is 0 Å². The van der Waals surface area contributed by atoms with E-state index in [2.05, 4.69) is 6.92 Å². The van der Waals surface area contributed by atoms with Gasteiger partial charge in [-0.3, -0.25) is 4.79 Å². The van der Waals surface area contributed by atoms with Gasteiger partial charge in [0.15, 0.2) is 0 Å². The Morgan fingerprint density at radius 3 is 2.38 bits per heavy atom. The summed E-state index contributed by atoms with van der Waals surface area (Å²) >= 11 is 0. The molecule has 0 aromatic rings. The summed E-state index contributed by atoms with van der Waals surface area (Å²) in [6.07, 6.45) is 8.75. The fourth-order valence-corrected chi connectivity index (χ4v) is 2.94. The van der Waals surface area contributed by atoms with E-state index in [4.69, 9.17) is 0 Å². The van der Waals surface area contributed by atoms with Crippen molar-refractivity contribution in [1.82, 2.24) is 0 Å². The first kappa shape index (κ1) is 9.23. The van der Waals surface area contributed by atoms with Crippen LogP contribution in [0.3, 0.4) is 0 Å². The minimum absolute atomic E-state index is 0.347. The Kier molecular flexibility index (Phi) is 2.71. The number of carbonyl (C=O) groups excluding carboxylic acids is 1. The Balaban J connectivity index is 1.98. The molecule has 74 valence electrons. The normalized spacial score (nSPS) is 41.0. The molecule has 2 bridgehead atoms. The molecule has 1 heteroatoms. The Morgan fingerprint density at radius 2 is 1.62 bits per heavy atom. The van der Waals surface area contributed by atoms with Gasteiger partial charge in [-0.15, -0.1) is 0 Å². The van der Waals surface area contributed by atoms with Gasteiger partial charge in [0.25, 0.3) is 0 Å². The maximum Gasteiger partial charge on any atom is 0.135 e. The summed E-state index contributed by atoms with van der Waals surface area (Å²) in [5.41, 5.74) is 0. The lowest BCUT2D eigenvalue weighted by Gasteiger charge is -2.12. The van der Waals surface area contributed by atoms with Crippen molar-refractivity contribution in [2.24, 2.45) is 17.8 Å². The monoisotopic (exact) mass is 180 g/mol. The standard InChI is InChI=1S/C12H20O/c1-9-2-3-10-4-5-11(8-10)6-7-12(9)13/h9-11H,2-8H2,1H3. The highest BCUT2D eigenvalue weighted by Crippen LogP contribution is 2.38. The molecule has 3 atom stereocenters. The van der Waals surface area contributed by atoms with E-state index < -0.39 is 0 Å². The number of fused-ring (bicyclic) bond motifs is 2. The van der Waals surface area contributed by atoms with E-state index in [1.54, 1.807) is 0 Å². The zero-order chi connectivity index (χ0) is 9.26. The maximum absolute atomic E-state index is 11.6. The zero-order valence-electron chi connectivity index (χ0n) is 8.59. The van der Waals surface area contributed by atoms with E-state index >= 15 is 0 Å². The molecule has 2 fully saturated rings. The van der Waals surface area contributed by atoms with Crippen molar-refractivity contribution < 1.29 is 4.79 Å². The molecule has 0 amide bonds. The number of rotatable bonds is 0. The van der Waals surface area contributed by atoms with Crippen LogP contribution in [-0.2, 0) is 4.79 Å². The van der Waals surface area contributed by atoms with Gasteiger partial charge in [0.1, 0.15) is 5.78 Å². The van der Waals surface area contributed by atoms with Crippen LogP contribution in [0.15, 0.2) is 0 Å². The lowest BCUT2D eigenvalue weighted by Crippen LogP contribution is -2.11. The predicted octanol–water partition coefficient (Wildman–Crippen LogP) is 3.18. The van der Waals surface area contributed by atoms with Crippen LogP contribution in [0.25, 0.3) is 0 Å². The molecule has 0 aromatic carbocycles. The third-order valence-corrected chi connectivity index (χ3v) is 4.01. The molecule has 0 N–H and O–H groups in total. The van der Waals surface area contributed by atoms with E-state index in [1.807, 2.05) is 0 Å². The summed E-state index contributed by atoms with van der Waals surface area (Å²) in [7, 11) is 0. The second kappa shape index (κ2) is 3.81. The summed E-state index contributed by atoms with van der Waals surface area (Å²) in [5, 5.41) is 0. The van der Waals surface area contributed by atoms with Gasteiger partial charge in [0.05, 0.1) is 0 Å². The van der Waals surface area contributed by atoms with E-state index in [-0.39, 0.29) is 0 Å². The maximum atomic E-state index is 11.6. The highest BCUT2D eigenvalue weighted by atomic mass is 16.1. The van der Waals surface area contributed by atoms with Gasteiger partial charge in [-0.2, -0.15) is 0 Å². The van der Waals surface area contributed by atoms with Crippen LogP contribution in [0.5, 0.6) is 0 Å². The summed E-state index contributed by atoms with van der Waals surface area (Å²) in [5.74, 6) is 2.71. The van der Waals surface area contributed by atoms with E-state index in [9.17, 15) is 4.79 Å². The molecule has 0 saturated heterocycles. The van der Waals surface area contributed by atoms with Gasteiger partial charge in [-0.1, -0.05) is 19.8 Å². The van der Waals surface area contributed by atoms with Crippen molar-refractivity contribution in [1.29, 1.82) is 0 Å². The smallest absolute Gasteiger partial charge is 0.135 e. The molecule has 2 aliphatic carbocycles. The highest BCUT2D eigenvalue weighted by molar-refractivity contribution is 5.80. The minimum atomic E-state index is 0.347. The summed E-state index contributed by atoms with van der Waals surface area (Å²) in [4.78, 5) is 11.6. The fraction of sp³-hybridized carbons (Fsp3) is 0.917. The molecule has 0 radical (unpaired) electrons. The van der Waals surface area contributed by atoms with Crippen molar-refractivity contribution in [2.45, 2.75) is 51.9 Å². The minimum Gasteiger partial charge on any atom is -0.299 e. The Bertz CT molecular complexity index is 197. The molecule has 13 heavy (non-hydrogen) atoms. The molecular formula is C12H20O. The first-order valence-electron chi connectivity index (χ1n) is 5.78. The summed E-state index contributed by atoms with van der Waals surface area (Å²) in [6.45, 7) is 2.11. The molecule has 2 saturated carbocycles. The van der Waals surface area contributed by atoms with Gasteiger partial charge in [0.2, 0.25) is 0 Å². The zero-order valence-corrected chi connectivity index (χ0v) is 8.59.